The Labute approximate surface area is 93.7 Å². The molecular formula is C10H16BrN3. The minimum Gasteiger partial charge on any atom is -0.370 e. The normalized spacial score (nSPS) is 10.6. The average molecular weight is 258 g/mol. The van der Waals surface area contributed by atoms with E-state index in [2.05, 4.69) is 45.2 Å². The molecule has 14 heavy (non-hydrogen) atoms. The van der Waals surface area contributed by atoms with Crippen LogP contribution in [0.3, 0.4) is 0 Å². The predicted octanol–water partition coefficient (Wildman–Crippen LogP) is 2.21. The second-order valence-electron chi connectivity index (χ2n) is 3.45. The Bertz CT molecular complexity index is 259. The molecular weight excluding hydrogens is 242 g/mol. The Hall–Kier alpha value is -0.610. The second kappa shape index (κ2) is 5.98. The molecule has 1 aromatic heterocycles. The Kier molecular flexibility index (Phi) is 4.90. The summed E-state index contributed by atoms with van der Waals surface area (Å²) in [7, 11) is 4.16. The zero-order chi connectivity index (χ0) is 10.4. The lowest BCUT2D eigenvalue weighted by molar-refractivity contribution is 0.405. The fourth-order valence-corrected chi connectivity index (χ4v) is 1.33. The minimum atomic E-state index is 0.937. The van der Waals surface area contributed by atoms with Crippen LogP contribution in [0.1, 0.15) is 6.42 Å². The van der Waals surface area contributed by atoms with Gasteiger partial charge in [-0.05, 0) is 55.1 Å². The third-order valence-electron chi connectivity index (χ3n) is 1.82. The molecule has 0 unspecified atom stereocenters. The predicted molar refractivity (Wildman–Crippen MR) is 63.6 cm³/mol. The van der Waals surface area contributed by atoms with Gasteiger partial charge >= 0.3 is 0 Å². The van der Waals surface area contributed by atoms with Crippen LogP contribution >= 0.6 is 15.9 Å². The molecule has 0 saturated heterocycles. The molecule has 0 aliphatic carbocycles. The van der Waals surface area contributed by atoms with Gasteiger partial charge in [0, 0.05) is 17.2 Å². The Morgan fingerprint density at radius 3 is 2.79 bits per heavy atom. The van der Waals surface area contributed by atoms with Crippen molar-refractivity contribution in [3.63, 3.8) is 0 Å². The Balaban J connectivity index is 2.21. The molecule has 0 spiro atoms. The van der Waals surface area contributed by atoms with Crippen molar-refractivity contribution in [1.29, 1.82) is 0 Å². The lowest BCUT2D eigenvalue weighted by atomic mass is 10.4. The van der Waals surface area contributed by atoms with Crippen molar-refractivity contribution in [3.05, 3.63) is 22.8 Å². The molecule has 1 heterocycles. The molecule has 1 rings (SSSR count). The van der Waals surface area contributed by atoms with Crippen molar-refractivity contribution in [3.8, 4) is 0 Å². The summed E-state index contributed by atoms with van der Waals surface area (Å²) in [5, 5.41) is 3.27. The minimum absolute atomic E-state index is 0.937. The van der Waals surface area contributed by atoms with Crippen molar-refractivity contribution in [1.82, 2.24) is 9.88 Å². The van der Waals surface area contributed by atoms with Gasteiger partial charge in [0.1, 0.15) is 5.82 Å². The molecule has 0 saturated carbocycles. The number of nitrogens with zero attached hydrogens (tertiary/aromatic N) is 2. The van der Waals surface area contributed by atoms with Crippen molar-refractivity contribution < 1.29 is 0 Å². The molecule has 3 nitrogen and oxygen atoms in total. The van der Waals surface area contributed by atoms with Crippen molar-refractivity contribution in [2.75, 3.05) is 32.5 Å². The highest BCUT2D eigenvalue weighted by Crippen LogP contribution is 2.10. The van der Waals surface area contributed by atoms with Crippen LogP contribution in [0.5, 0.6) is 0 Å². The number of rotatable bonds is 5. The molecule has 78 valence electrons. The maximum Gasteiger partial charge on any atom is 0.125 e. The highest BCUT2D eigenvalue weighted by Gasteiger charge is 1.93. The number of pyridine rings is 1. The van der Waals surface area contributed by atoms with Gasteiger partial charge in [-0.1, -0.05) is 0 Å². The summed E-state index contributed by atoms with van der Waals surface area (Å²) >= 11 is 3.35. The maximum absolute atomic E-state index is 4.22. The first-order valence-corrected chi connectivity index (χ1v) is 5.48. The summed E-state index contributed by atoms with van der Waals surface area (Å²) in [5.41, 5.74) is 0. The average Bonchev–Trinajstić information content (AvgIpc) is 2.15. The Morgan fingerprint density at radius 2 is 2.21 bits per heavy atom. The first-order chi connectivity index (χ1) is 6.68. The molecule has 0 aliphatic rings. The third kappa shape index (κ3) is 4.58. The van der Waals surface area contributed by atoms with Crippen LogP contribution in [-0.4, -0.2) is 37.1 Å². The molecule has 4 heteroatoms. The van der Waals surface area contributed by atoms with Gasteiger partial charge in [0.25, 0.3) is 0 Å². The van der Waals surface area contributed by atoms with Crippen LogP contribution in [0.25, 0.3) is 0 Å². The first kappa shape index (κ1) is 11.5. The van der Waals surface area contributed by atoms with Crippen molar-refractivity contribution >= 4 is 21.7 Å². The van der Waals surface area contributed by atoms with E-state index in [9.17, 15) is 0 Å². The van der Waals surface area contributed by atoms with E-state index in [-0.39, 0.29) is 0 Å². The van der Waals surface area contributed by atoms with E-state index < -0.39 is 0 Å². The van der Waals surface area contributed by atoms with E-state index >= 15 is 0 Å². The SMILES string of the molecule is CN(C)CCCNc1ccc(Br)cn1. The van der Waals surface area contributed by atoms with Crippen LogP contribution in [0.2, 0.25) is 0 Å². The molecule has 1 aromatic rings. The van der Waals surface area contributed by atoms with Gasteiger partial charge in [-0.2, -0.15) is 0 Å². The third-order valence-corrected chi connectivity index (χ3v) is 2.28. The van der Waals surface area contributed by atoms with Gasteiger partial charge in [0.05, 0.1) is 0 Å². The van der Waals surface area contributed by atoms with Gasteiger partial charge in [0.15, 0.2) is 0 Å². The molecule has 0 bridgehead atoms. The number of nitrogens with one attached hydrogen (secondary N) is 1. The lowest BCUT2D eigenvalue weighted by Crippen LogP contribution is -2.16. The van der Waals surface area contributed by atoms with Crippen molar-refractivity contribution in [2.45, 2.75) is 6.42 Å². The maximum atomic E-state index is 4.22. The number of hydrogen-bond acceptors (Lipinski definition) is 3. The quantitative estimate of drug-likeness (QED) is 0.821. The lowest BCUT2D eigenvalue weighted by Gasteiger charge is -2.09. The number of aromatic nitrogens is 1. The van der Waals surface area contributed by atoms with Crippen LogP contribution in [0.4, 0.5) is 5.82 Å². The topological polar surface area (TPSA) is 28.2 Å². The standard InChI is InChI=1S/C10H16BrN3/c1-14(2)7-3-6-12-10-5-4-9(11)8-13-10/h4-5,8H,3,6-7H2,1-2H3,(H,12,13). The van der Waals surface area contributed by atoms with Crippen LogP contribution in [0, 0.1) is 0 Å². The highest BCUT2D eigenvalue weighted by atomic mass is 79.9. The van der Waals surface area contributed by atoms with E-state index in [1.165, 1.54) is 0 Å². The Morgan fingerprint density at radius 1 is 1.43 bits per heavy atom. The molecule has 0 fully saturated rings. The fourth-order valence-electron chi connectivity index (χ4n) is 1.09. The summed E-state index contributed by atoms with van der Waals surface area (Å²) in [5.74, 6) is 0.937. The summed E-state index contributed by atoms with van der Waals surface area (Å²) in [6.07, 6.45) is 2.93. The van der Waals surface area contributed by atoms with Gasteiger partial charge in [-0.25, -0.2) is 4.98 Å². The van der Waals surface area contributed by atoms with Crippen LogP contribution in [0.15, 0.2) is 22.8 Å². The molecule has 0 amide bonds. The van der Waals surface area contributed by atoms with E-state index in [1.54, 1.807) is 6.20 Å². The largest absolute Gasteiger partial charge is 0.370 e. The highest BCUT2D eigenvalue weighted by molar-refractivity contribution is 9.10. The monoisotopic (exact) mass is 257 g/mol. The summed E-state index contributed by atoms with van der Waals surface area (Å²) in [6.45, 7) is 2.07. The van der Waals surface area contributed by atoms with Gasteiger partial charge in [-0.15, -0.1) is 0 Å². The summed E-state index contributed by atoms with van der Waals surface area (Å²) in [4.78, 5) is 6.40. The summed E-state index contributed by atoms with van der Waals surface area (Å²) in [6, 6.07) is 3.96. The zero-order valence-corrected chi connectivity index (χ0v) is 10.2. The van der Waals surface area contributed by atoms with E-state index in [4.69, 9.17) is 0 Å². The molecule has 1 N–H and O–H groups in total. The number of anilines is 1. The van der Waals surface area contributed by atoms with Crippen LogP contribution in [-0.2, 0) is 0 Å². The van der Waals surface area contributed by atoms with Crippen molar-refractivity contribution in [2.24, 2.45) is 0 Å². The van der Waals surface area contributed by atoms with Crippen LogP contribution < -0.4 is 5.32 Å². The zero-order valence-electron chi connectivity index (χ0n) is 8.63. The number of hydrogen-bond donors (Lipinski definition) is 1. The fraction of sp³-hybridized carbons (Fsp3) is 0.500. The molecule has 0 radical (unpaired) electrons. The first-order valence-electron chi connectivity index (χ1n) is 4.68. The van der Waals surface area contributed by atoms with Gasteiger partial charge in [-0.3, -0.25) is 0 Å². The smallest absolute Gasteiger partial charge is 0.125 e. The van der Waals surface area contributed by atoms with Gasteiger partial charge < -0.3 is 10.2 Å². The van der Waals surface area contributed by atoms with Gasteiger partial charge in [0.2, 0.25) is 0 Å². The molecule has 0 atom stereocenters. The molecule has 0 aromatic carbocycles. The molecule has 0 aliphatic heterocycles. The number of halogens is 1. The summed E-state index contributed by atoms with van der Waals surface area (Å²) < 4.78 is 1.01. The van der Waals surface area contributed by atoms with E-state index in [0.29, 0.717) is 0 Å². The second-order valence-corrected chi connectivity index (χ2v) is 4.36. The van der Waals surface area contributed by atoms with E-state index in [1.807, 2.05) is 12.1 Å². The van der Waals surface area contributed by atoms with E-state index in [0.717, 1.165) is 29.8 Å².